The normalized spacial score (nSPS) is 11.7. The van der Waals surface area contributed by atoms with Crippen molar-refractivity contribution in [3.8, 4) is 0 Å². The lowest BCUT2D eigenvalue weighted by molar-refractivity contribution is -0.140. The minimum absolute atomic E-state index is 0.176. The predicted molar refractivity (Wildman–Crippen MR) is 92.7 cm³/mol. The number of ether oxygens (including phenoxy) is 1. The molecule has 1 amide bonds. The number of para-hydroxylation sites is 1. The van der Waals surface area contributed by atoms with Crippen LogP contribution in [0.1, 0.15) is 16.8 Å². The molecule has 0 saturated carbocycles. The van der Waals surface area contributed by atoms with E-state index in [1.807, 2.05) is 28.8 Å². The van der Waals surface area contributed by atoms with Gasteiger partial charge >= 0.3 is 5.97 Å². The number of hydrogen-bond acceptors (Lipinski definition) is 4. The standard InChI is InChI=1S/C18H15FN2O3S/c1-24-16(22)10-11-21-14-4-2-3-5-15(14)25-18(21)20-17(23)12-6-8-13(19)9-7-12/h2-9H,10-11H2,1H3. The second-order valence-corrected chi connectivity index (χ2v) is 6.26. The highest BCUT2D eigenvalue weighted by Crippen LogP contribution is 2.17. The van der Waals surface area contributed by atoms with Crippen LogP contribution in [0.2, 0.25) is 0 Å². The van der Waals surface area contributed by atoms with Gasteiger partial charge < -0.3 is 9.30 Å². The van der Waals surface area contributed by atoms with E-state index in [4.69, 9.17) is 0 Å². The van der Waals surface area contributed by atoms with Gasteiger partial charge in [-0.2, -0.15) is 4.99 Å². The highest BCUT2D eigenvalue weighted by molar-refractivity contribution is 7.16. The number of aromatic nitrogens is 1. The molecule has 0 unspecified atom stereocenters. The molecule has 0 spiro atoms. The quantitative estimate of drug-likeness (QED) is 0.673. The Kier molecular flexibility index (Phi) is 5.04. The zero-order valence-corrected chi connectivity index (χ0v) is 14.3. The Morgan fingerprint density at radius 1 is 1.16 bits per heavy atom. The Balaban J connectivity index is 2.03. The first kappa shape index (κ1) is 17.0. The van der Waals surface area contributed by atoms with E-state index in [0.717, 1.165) is 10.2 Å². The third-order valence-corrected chi connectivity index (χ3v) is 4.70. The second kappa shape index (κ2) is 7.40. The molecular formula is C18H15FN2O3S. The lowest BCUT2D eigenvalue weighted by Gasteiger charge is -2.04. The minimum atomic E-state index is -0.460. The van der Waals surface area contributed by atoms with Crippen LogP contribution in [0.4, 0.5) is 4.39 Å². The first-order valence-corrected chi connectivity index (χ1v) is 8.40. The Morgan fingerprint density at radius 2 is 1.88 bits per heavy atom. The van der Waals surface area contributed by atoms with Gasteiger partial charge in [0.1, 0.15) is 5.82 Å². The van der Waals surface area contributed by atoms with E-state index < -0.39 is 11.7 Å². The average molecular weight is 358 g/mol. The van der Waals surface area contributed by atoms with E-state index in [-0.39, 0.29) is 12.4 Å². The molecule has 1 aromatic heterocycles. The second-order valence-electron chi connectivity index (χ2n) is 5.25. The largest absolute Gasteiger partial charge is 0.469 e. The number of carbonyl (C=O) groups excluding carboxylic acids is 2. The van der Waals surface area contributed by atoms with Crippen LogP contribution in [-0.4, -0.2) is 23.6 Å². The van der Waals surface area contributed by atoms with Crippen molar-refractivity contribution in [2.24, 2.45) is 4.99 Å². The molecule has 3 aromatic rings. The lowest BCUT2D eigenvalue weighted by atomic mass is 10.2. The van der Waals surface area contributed by atoms with Gasteiger partial charge in [0.05, 0.1) is 23.7 Å². The lowest BCUT2D eigenvalue weighted by Crippen LogP contribution is -2.19. The molecule has 0 radical (unpaired) electrons. The number of esters is 1. The van der Waals surface area contributed by atoms with E-state index in [1.165, 1.54) is 42.7 Å². The number of carbonyl (C=O) groups is 2. The summed E-state index contributed by atoms with van der Waals surface area (Å²) in [6.07, 6.45) is 0.176. The molecule has 7 heteroatoms. The van der Waals surface area contributed by atoms with Gasteiger partial charge in [-0.3, -0.25) is 9.59 Å². The highest BCUT2D eigenvalue weighted by atomic mass is 32.1. The van der Waals surface area contributed by atoms with Crippen molar-refractivity contribution in [1.82, 2.24) is 4.57 Å². The van der Waals surface area contributed by atoms with Crippen LogP contribution < -0.4 is 4.80 Å². The van der Waals surface area contributed by atoms with Crippen molar-refractivity contribution in [3.63, 3.8) is 0 Å². The molecule has 0 aliphatic carbocycles. The van der Waals surface area contributed by atoms with Gasteiger partial charge in [0.15, 0.2) is 4.80 Å². The van der Waals surface area contributed by atoms with Crippen LogP contribution in [0.25, 0.3) is 10.2 Å². The van der Waals surface area contributed by atoms with Gasteiger partial charge in [0.25, 0.3) is 5.91 Å². The van der Waals surface area contributed by atoms with Crippen molar-refractivity contribution >= 4 is 33.4 Å². The van der Waals surface area contributed by atoms with Gasteiger partial charge in [0.2, 0.25) is 0 Å². The van der Waals surface area contributed by atoms with Crippen LogP contribution in [0, 0.1) is 5.82 Å². The molecule has 128 valence electrons. The molecule has 0 bridgehead atoms. The summed E-state index contributed by atoms with van der Waals surface area (Å²) in [5.74, 6) is -1.21. The van der Waals surface area contributed by atoms with Crippen LogP contribution in [0.5, 0.6) is 0 Å². The molecule has 0 aliphatic rings. The van der Waals surface area contributed by atoms with Gasteiger partial charge in [0, 0.05) is 12.1 Å². The fourth-order valence-electron chi connectivity index (χ4n) is 2.37. The third-order valence-electron chi connectivity index (χ3n) is 3.64. The van der Waals surface area contributed by atoms with Crippen LogP contribution in [0.15, 0.2) is 53.5 Å². The number of fused-ring (bicyclic) bond motifs is 1. The molecule has 5 nitrogen and oxygen atoms in total. The molecule has 1 heterocycles. The molecular weight excluding hydrogens is 343 g/mol. The SMILES string of the molecule is COC(=O)CCn1c(=NC(=O)c2ccc(F)cc2)sc2ccccc21. The number of rotatable bonds is 4. The van der Waals surface area contributed by atoms with Crippen LogP contribution in [-0.2, 0) is 16.1 Å². The molecule has 3 rings (SSSR count). The van der Waals surface area contributed by atoms with Crippen molar-refractivity contribution in [2.75, 3.05) is 7.11 Å². The summed E-state index contributed by atoms with van der Waals surface area (Å²) in [5.41, 5.74) is 1.19. The Labute approximate surface area is 147 Å². The van der Waals surface area contributed by atoms with Gasteiger partial charge in [-0.1, -0.05) is 23.5 Å². The number of amides is 1. The number of methoxy groups -OCH3 is 1. The molecule has 25 heavy (non-hydrogen) atoms. The van der Waals surface area contributed by atoms with Crippen molar-refractivity contribution < 1.29 is 18.7 Å². The van der Waals surface area contributed by atoms with Crippen molar-refractivity contribution in [1.29, 1.82) is 0 Å². The van der Waals surface area contributed by atoms with E-state index in [0.29, 0.717) is 16.9 Å². The zero-order valence-electron chi connectivity index (χ0n) is 13.4. The summed E-state index contributed by atoms with van der Waals surface area (Å²) in [6, 6.07) is 12.9. The number of nitrogens with zero attached hydrogens (tertiary/aromatic N) is 2. The van der Waals surface area contributed by atoms with E-state index >= 15 is 0 Å². The highest BCUT2D eigenvalue weighted by Gasteiger charge is 2.11. The number of thiazole rings is 1. The summed E-state index contributed by atoms with van der Waals surface area (Å²) in [4.78, 5) is 28.5. The molecule has 0 aliphatic heterocycles. The van der Waals surface area contributed by atoms with Crippen molar-refractivity contribution in [2.45, 2.75) is 13.0 Å². The summed E-state index contributed by atoms with van der Waals surface area (Å²) in [5, 5.41) is 0. The van der Waals surface area contributed by atoms with Crippen LogP contribution in [0.3, 0.4) is 0 Å². The van der Waals surface area contributed by atoms with Crippen LogP contribution >= 0.6 is 11.3 Å². The molecule has 0 saturated heterocycles. The fraction of sp³-hybridized carbons (Fsp3) is 0.167. The summed E-state index contributed by atoms with van der Waals surface area (Å²) < 4.78 is 20.5. The molecule has 0 N–H and O–H groups in total. The monoisotopic (exact) mass is 358 g/mol. The Bertz CT molecular complexity index is 989. The summed E-state index contributed by atoms with van der Waals surface area (Å²) in [6.45, 7) is 0.353. The number of halogens is 1. The van der Waals surface area contributed by atoms with Crippen molar-refractivity contribution in [3.05, 3.63) is 64.7 Å². The Morgan fingerprint density at radius 3 is 2.60 bits per heavy atom. The number of aryl methyl sites for hydroxylation is 1. The maximum atomic E-state index is 13.0. The average Bonchev–Trinajstić information content (AvgIpc) is 2.97. The number of benzene rings is 2. The third kappa shape index (κ3) is 3.83. The smallest absolute Gasteiger partial charge is 0.307 e. The maximum absolute atomic E-state index is 13.0. The van der Waals surface area contributed by atoms with Gasteiger partial charge in [-0.05, 0) is 36.4 Å². The zero-order chi connectivity index (χ0) is 17.8. The summed E-state index contributed by atoms with van der Waals surface area (Å²) >= 11 is 1.36. The predicted octanol–water partition coefficient (Wildman–Crippen LogP) is 3.15. The van der Waals surface area contributed by atoms with E-state index in [2.05, 4.69) is 9.73 Å². The number of hydrogen-bond donors (Lipinski definition) is 0. The topological polar surface area (TPSA) is 60.7 Å². The minimum Gasteiger partial charge on any atom is -0.469 e. The molecule has 0 atom stereocenters. The summed E-state index contributed by atoms with van der Waals surface area (Å²) in [7, 11) is 1.34. The molecule has 2 aromatic carbocycles. The van der Waals surface area contributed by atoms with Gasteiger partial charge in [-0.15, -0.1) is 0 Å². The van der Waals surface area contributed by atoms with E-state index in [9.17, 15) is 14.0 Å². The first-order valence-electron chi connectivity index (χ1n) is 7.58. The van der Waals surface area contributed by atoms with Gasteiger partial charge in [-0.25, -0.2) is 4.39 Å². The fourth-order valence-corrected chi connectivity index (χ4v) is 3.43. The first-order chi connectivity index (χ1) is 12.1. The van der Waals surface area contributed by atoms with E-state index in [1.54, 1.807) is 0 Å². The Hall–Kier alpha value is -2.80. The molecule has 0 fully saturated rings. The maximum Gasteiger partial charge on any atom is 0.307 e.